The fraction of sp³-hybridized carbons (Fsp3) is 0.312. The van der Waals surface area contributed by atoms with Crippen molar-refractivity contribution in [3.05, 3.63) is 41.6 Å². The Labute approximate surface area is 127 Å². The number of carbonyl (C=O) groups is 2. The summed E-state index contributed by atoms with van der Waals surface area (Å²) in [6, 6.07) is 9.60. The summed E-state index contributed by atoms with van der Waals surface area (Å²) in [5, 5.41) is 15.9. The number of amides is 1. The van der Waals surface area contributed by atoms with Crippen LogP contribution < -0.4 is 0 Å². The molecule has 114 valence electrons. The molecule has 22 heavy (non-hydrogen) atoms. The third kappa shape index (κ3) is 2.72. The molecule has 0 saturated carbocycles. The quantitative estimate of drug-likeness (QED) is 0.906. The van der Waals surface area contributed by atoms with Gasteiger partial charge in [0.05, 0.1) is 11.6 Å². The van der Waals surface area contributed by atoms with Gasteiger partial charge in [0.2, 0.25) is 0 Å². The third-order valence-corrected chi connectivity index (χ3v) is 3.98. The second kappa shape index (κ2) is 5.63. The number of nitrogens with one attached hydrogen (secondary N) is 1. The molecule has 1 aromatic carbocycles. The number of aryl methyl sites for hydroxylation is 1. The highest BCUT2D eigenvalue weighted by molar-refractivity contribution is 5.94. The van der Waals surface area contributed by atoms with Crippen molar-refractivity contribution in [1.29, 1.82) is 0 Å². The fourth-order valence-electron chi connectivity index (χ4n) is 2.62. The SMILES string of the molecule is Cc1ccc(-c2cc(C(=O)N3CC[C@@H](C(=O)O)C3)[nH]n2)cc1. The van der Waals surface area contributed by atoms with Crippen LogP contribution in [0.15, 0.2) is 30.3 Å². The van der Waals surface area contributed by atoms with Gasteiger partial charge in [0.25, 0.3) is 5.91 Å². The number of aromatic nitrogens is 2. The van der Waals surface area contributed by atoms with E-state index in [1.165, 1.54) is 0 Å². The van der Waals surface area contributed by atoms with E-state index in [0.29, 0.717) is 24.4 Å². The topological polar surface area (TPSA) is 86.3 Å². The molecule has 2 aromatic rings. The minimum Gasteiger partial charge on any atom is -0.481 e. The van der Waals surface area contributed by atoms with Crippen molar-refractivity contribution in [1.82, 2.24) is 15.1 Å². The van der Waals surface area contributed by atoms with Crippen LogP contribution in [0, 0.1) is 12.8 Å². The number of benzene rings is 1. The summed E-state index contributed by atoms with van der Waals surface area (Å²) in [5.41, 5.74) is 3.19. The number of aliphatic carboxylic acids is 1. The third-order valence-electron chi connectivity index (χ3n) is 3.98. The second-order valence-electron chi connectivity index (χ2n) is 5.61. The van der Waals surface area contributed by atoms with Crippen LogP contribution in [-0.4, -0.2) is 45.2 Å². The first kappa shape index (κ1) is 14.3. The molecule has 2 heterocycles. The molecular formula is C16H17N3O3. The zero-order chi connectivity index (χ0) is 15.7. The molecule has 3 rings (SSSR count). The molecule has 1 aromatic heterocycles. The van der Waals surface area contributed by atoms with Gasteiger partial charge in [0.15, 0.2) is 0 Å². The molecule has 0 spiro atoms. The Morgan fingerprint density at radius 3 is 2.68 bits per heavy atom. The Morgan fingerprint density at radius 2 is 2.05 bits per heavy atom. The first-order chi connectivity index (χ1) is 10.5. The van der Waals surface area contributed by atoms with Gasteiger partial charge in [-0.05, 0) is 19.4 Å². The molecule has 0 bridgehead atoms. The van der Waals surface area contributed by atoms with Crippen LogP contribution >= 0.6 is 0 Å². The maximum absolute atomic E-state index is 12.4. The monoisotopic (exact) mass is 299 g/mol. The number of carboxylic acids is 1. The van der Waals surface area contributed by atoms with E-state index in [0.717, 1.165) is 11.1 Å². The van der Waals surface area contributed by atoms with E-state index >= 15 is 0 Å². The Kier molecular flexibility index (Phi) is 3.66. The van der Waals surface area contributed by atoms with E-state index in [9.17, 15) is 9.59 Å². The summed E-state index contributed by atoms with van der Waals surface area (Å²) < 4.78 is 0. The van der Waals surface area contributed by atoms with Gasteiger partial charge in [-0.2, -0.15) is 5.10 Å². The molecule has 0 radical (unpaired) electrons. The van der Waals surface area contributed by atoms with Crippen LogP contribution in [0.4, 0.5) is 0 Å². The lowest BCUT2D eigenvalue weighted by molar-refractivity contribution is -0.141. The van der Waals surface area contributed by atoms with Gasteiger partial charge in [-0.1, -0.05) is 29.8 Å². The summed E-state index contributed by atoms with van der Waals surface area (Å²) in [6.07, 6.45) is 0.500. The predicted octanol–water partition coefficient (Wildman–Crippen LogP) is 1.93. The van der Waals surface area contributed by atoms with Crippen LogP contribution in [-0.2, 0) is 4.79 Å². The average Bonchev–Trinajstić information content (AvgIpc) is 3.17. The Balaban J connectivity index is 1.75. The van der Waals surface area contributed by atoms with Crippen molar-refractivity contribution in [2.24, 2.45) is 5.92 Å². The number of nitrogens with zero attached hydrogens (tertiary/aromatic N) is 2. The number of hydrogen-bond acceptors (Lipinski definition) is 3. The van der Waals surface area contributed by atoms with Crippen LogP contribution in [0.2, 0.25) is 0 Å². The second-order valence-corrected chi connectivity index (χ2v) is 5.61. The van der Waals surface area contributed by atoms with Crippen molar-refractivity contribution in [3.63, 3.8) is 0 Å². The summed E-state index contributed by atoms with van der Waals surface area (Å²) in [6.45, 7) is 2.73. The molecule has 1 fully saturated rings. The smallest absolute Gasteiger partial charge is 0.308 e. The maximum atomic E-state index is 12.4. The Bertz CT molecular complexity index is 706. The number of carboxylic acid groups (broad SMARTS) is 1. The Morgan fingerprint density at radius 1 is 1.32 bits per heavy atom. The van der Waals surface area contributed by atoms with Crippen molar-refractivity contribution in [2.75, 3.05) is 13.1 Å². The molecule has 6 nitrogen and oxygen atoms in total. The minimum atomic E-state index is -0.847. The van der Waals surface area contributed by atoms with Gasteiger partial charge in [-0.15, -0.1) is 0 Å². The van der Waals surface area contributed by atoms with Gasteiger partial charge in [0, 0.05) is 18.7 Å². The van der Waals surface area contributed by atoms with Gasteiger partial charge in [-0.3, -0.25) is 14.7 Å². The lowest BCUT2D eigenvalue weighted by Gasteiger charge is -2.13. The number of hydrogen-bond donors (Lipinski definition) is 2. The Hall–Kier alpha value is -2.63. The maximum Gasteiger partial charge on any atom is 0.308 e. The molecule has 1 aliphatic rings. The summed E-state index contributed by atoms with van der Waals surface area (Å²) in [5.74, 6) is -1.52. The minimum absolute atomic E-state index is 0.199. The normalized spacial score (nSPS) is 17.7. The molecule has 0 aliphatic carbocycles. The molecule has 1 saturated heterocycles. The van der Waals surface area contributed by atoms with E-state index in [-0.39, 0.29) is 12.5 Å². The van der Waals surface area contributed by atoms with Crippen LogP contribution in [0.1, 0.15) is 22.5 Å². The van der Waals surface area contributed by atoms with Crippen molar-refractivity contribution < 1.29 is 14.7 Å². The zero-order valence-electron chi connectivity index (χ0n) is 12.2. The highest BCUT2D eigenvalue weighted by atomic mass is 16.4. The number of aromatic amines is 1. The summed E-state index contributed by atoms with van der Waals surface area (Å²) in [7, 11) is 0. The van der Waals surface area contributed by atoms with Gasteiger partial charge in [-0.25, -0.2) is 0 Å². The fourth-order valence-corrected chi connectivity index (χ4v) is 2.62. The predicted molar refractivity (Wildman–Crippen MR) is 80.4 cm³/mol. The number of H-pyrrole nitrogens is 1. The average molecular weight is 299 g/mol. The molecule has 2 N–H and O–H groups in total. The van der Waals surface area contributed by atoms with Crippen LogP contribution in [0.25, 0.3) is 11.3 Å². The highest BCUT2D eigenvalue weighted by Gasteiger charge is 2.31. The van der Waals surface area contributed by atoms with Crippen molar-refractivity contribution >= 4 is 11.9 Å². The first-order valence-corrected chi connectivity index (χ1v) is 7.19. The van der Waals surface area contributed by atoms with E-state index in [1.807, 2.05) is 31.2 Å². The van der Waals surface area contributed by atoms with E-state index in [2.05, 4.69) is 10.2 Å². The number of carbonyl (C=O) groups excluding carboxylic acids is 1. The molecule has 1 aliphatic heterocycles. The van der Waals surface area contributed by atoms with Gasteiger partial charge < -0.3 is 10.0 Å². The van der Waals surface area contributed by atoms with E-state index < -0.39 is 11.9 Å². The largest absolute Gasteiger partial charge is 0.481 e. The standard InChI is InChI=1S/C16H17N3O3/c1-10-2-4-11(5-3-10)13-8-14(18-17-13)15(20)19-7-6-12(9-19)16(21)22/h2-5,8,12H,6-7,9H2,1H3,(H,17,18)(H,21,22)/t12-/m1/s1. The first-order valence-electron chi connectivity index (χ1n) is 7.19. The molecule has 6 heteroatoms. The summed E-state index contributed by atoms with van der Waals surface area (Å²) >= 11 is 0. The van der Waals surface area contributed by atoms with Gasteiger partial charge >= 0.3 is 5.97 Å². The lowest BCUT2D eigenvalue weighted by atomic mass is 10.1. The molecular weight excluding hydrogens is 282 g/mol. The number of likely N-dealkylation sites (tertiary alicyclic amines) is 1. The zero-order valence-corrected chi connectivity index (χ0v) is 12.2. The lowest BCUT2D eigenvalue weighted by Crippen LogP contribution is -2.30. The van der Waals surface area contributed by atoms with Crippen LogP contribution in [0.5, 0.6) is 0 Å². The van der Waals surface area contributed by atoms with E-state index in [1.54, 1.807) is 11.0 Å². The molecule has 0 unspecified atom stereocenters. The summed E-state index contributed by atoms with van der Waals surface area (Å²) in [4.78, 5) is 24.9. The number of rotatable bonds is 3. The van der Waals surface area contributed by atoms with Crippen molar-refractivity contribution in [3.8, 4) is 11.3 Å². The highest BCUT2D eigenvalue weighted by Crippen LogP contribution is 2.21. The van der Waals surface area contributed by atoms with Crippen LogP contribution in [0.3, 0.4) is 0 Å². The van der Waals surface area contributed by atoms with Crippen molar-refractivity contribution in [2.45, 2.75) is 13.3 Å². The molecule has 1 atom stereocenters. The van der Waals surface area contributed by atoms with Gasteiger partial charge in [0.1, 0.15) is 5.69 Å². The molecule has 1 amide bonds. The van der Waals surface area contributed by atoms with E-state index in [4.69, 9.17) is 5.11 Å².